The highest BCUT2D eigenvalue weighted by molar-refractivity contribution is 9.10. The van der Waals surface area contributed by atoms with Gasteiger partial charge in [0.05, 0.1) is 17.5 Å². The van der Waals surface area contributed by atoms with E-state index < -0.39 is 6.10 Å². The summed E-state index contributed by atoms with van der Waals surface area (Å²) in [6.07, 6.45) is 1.75. The molecule has 118 valence electrons. The van der Waals surface area contributed by atoms with Gasteiger partial charge in [-0.1, -0.05) is 51.3 Å². The second kappa shape index (κ2) is 6.57. The van der Waals surface area contributed by atoms with E-state index in [2.05, 4.69) is 31.0 Å². The van der Waals surface area contributed by atoms with Gasteiger partial charge in [-0.2, -0.15) is 5.10 Å². The van der Waals surface area contributed by atoms with Crippen LogP contribution in [0.1, 0.15) is 17.2 Å². The fourth-order valence-corrected chi connectivity index (χ4v) is 3.14. The van der Waals surface area contributed by atoms with Crippen LogP contribution in [-0.4, -0.2) is 24.9 Å². The van der Waals surface area contributed by atoms with Crippen molar-refractivity contribution in [3.8, 4) is 11.3 Å². The minimum Gasteiger partial charge on any atom is -0.383 e. The highest BCUT2D eigenvalue weighted by Gasteiger charge is 2.25. The normalized spacial score (nSPS) is 12.4. The number of halogens is 3. The van der Waals surface area contributed by atoms with Crippen LogP contribution >= 0.6 is 39.1 Å². The molecule has 2 heterocycles. The van der Waals surface area contributed by atoms with Crippen molar-refractivity contribution in [1.82, 2.24) is 19.7 Å². The summed E-state index contributed by atoms with van der Waals surface area (Å²) in [4.78, 5) is 7.77. The van der Waals surface area contributed by atoms with E-state index in [9.17, 15) is 5.11 Å². The SMILES string of the molecule is Cn1ncc([C@@H](O)c2c(Cl)ncnc2Cl)c1-c1ccc(Br)cc1. The molecule has 0 bridgehead atoms. The van der Waals surface area contributed by atoms with Gasteiger partial charge in [0.2, 0.25) is 0 Å². The Balaban J connectivity index is 2.13. The second-order valence-electron chi connectivity index (χ2n) is 4.85. The number of benzene rings is 1. The molecule has 3 aromatic rings. The summed E-state index contributed by atoms with van der Waals surface area (Å²) in [5, 5.41) is 15.2. The molecule has 0 aliphatic heterocycles. The third-order valence-electron chi connectivity index (χ3n) is 3.44. The molecule has 0 unspecified atom stereocenters. The van der Waals surface area contributed by atoms with E-state index in [4.69, 9.17) is 23.2 Å². The molecule has 0 aliphatic rings. The zero-order chi connectivity index (χ0) is 16.6. The topological polar surface area (TPSA) is 63.8 Å². The van der Waals surface area contributed by atoms with Gasteiger partial charge in [0, 0.05) is 22.6 Å². The Morgan fingerprint density at radius 1 is 1.13 bits per heavy atom. The number of hydrogen-bond donors (Lipinski definition) is 1. The van der Waals surface area contributed by atoms with Crippen molar-refractivity contribution < 1.29 is 5.11 Å². The van der Waals surface area contributed by atoms with Gasteiger partial charge in [0.25, 0.3) is 0 Å². The van der Waals surface area contributed by atoms with Crippen molar-refractivity contribution in [2.24, 2.45) is 7.05 Å². The largest absolute Gasteiger partial charge is 0.383 e. The second-order valence-corrected chi connectivity index (χ2v) is 6.48. The summed E-state index contributed by atoms with van der Waals surface area (Å²) in [7, 11) is 1.80. The fourth-order valence-electron chi connectivity index (χ4n) is 2.35. The van der Waals surface area contributed by atoms with Crippen LogP contribution in [0.4, 0.5) is 0 Å². The molecule has 23 heavy (non-hydrogen) atoms. The van der Waals surface area contributed by atoms with Gasteiger partial charge < -0.3 is 5.11 Å². The maximum absolute atomic E-state index is 10.8. The molecule has 3 rings (SSSR count). The van der Waals surface area contributed by atoms with Crippen molar-refractivity contribution >= 4 is 39.1 Å². The summed E-state index contributed by atoms with van der Waals surface area (Å²) in [5.41, 5.74) is 2.52. The number of nitrogens with zero attached hydrogens (tertiary/aromatic N) is 4. The molecule has 5 nitrogen and oxygen atoms in total. The molecule has 0 radical (unpaired) electrons. The number of aliphatic hydroxyl groups excluding tert-OH is 1. The maximum Gasteiger partial charge on any atom is 0.140 e. The quantitative estimate of drug-likeness (QED) is 0.658. The van der Waals surface area contributed by atoms with Crippen LogP contribution in [0.2, 0.25) is 10.3 Å². The number of aromatic nitrogens is 4. The monoisotopic (exact) mass is 412 g/mol. The van der Waals surface area contributed by atoms with Crippen LogP contribution in [-0.2, 0) is 7.05 Å². The van der Waals surface area contributed by atoms with Crippen LogP contribution < -0.4 is 0 Å². The minimum absolute atomic E-state index is 0.114. The van der Waals surface area contributed by atoms with Crippen molar-refractivity contribution in [2.75, 3.05) is 0 Å². The van der Waals surface area contributed by atoms with Gasteiger partial charge in [-0.05, 0) is 12.1 Å². The van der Waals surface area contributed by atoms with Gasteiger partial charge in [-0.25, -0.2) is 9.97 Å². The summed E-state index contributed by atoms with van der Waals surface area (Å²) in [5.74, 6) is 0. The molecule has 0 fully saturated rings. The van der Waals surface area contributed by atoms with E-state index in [1.807, 2.05) is 24.3 Å². The van der Waals surface area contributed by atoms with E-state index in [-0.39, 0.29) is 15.9 Å². The lowest BCUT2D eigenvalue weighted by Gasteiger charge is -2.14. The van der Waals surface area contributed by atoms with E-state index in [1.165, 1.54) is 6.33 Å². The molecular weight excluding hydrogens is 403 g/mol. The van der Waals surface area contributed by atoms with Gasteiger partial charge in [0.1, 0.15) is 22.7 Å². The van der Waals surface area contributed by atoms with Gasteiger partial charge >= 0.3 is 0 Å². The Kier molecular flexibility index (Phi) is 4.68. The lowest BCUT2D eigenvalue weighted by molar-refractivity contribution is 0.220. The average molecular weight is 414 g/mol. The molecule has 0 saturated carbocycles. The maximum atomic E-state index is 10.8. The number of aryl methyl sites for hydroxylation is 1. The van der Waals surface area contributed by atoms with Crippen LogP contribution in [0.25, 0.3) is 11.3 Å². The number of rotatable bonds is 3. The number of aliphatic hydroxyl groups is 1. The van der Waals surface area contributed by atoms with Crippen LogP contribution in [0, 0.1) is 0 Å². The first kappa shape index (κ1) is 16.4. The summed E-state index contributed by atoms with van der Waals surface area (Å²) in [6.45, 7) is 0. The van der Waals surface area contributed by atoms with Gasteiger partial charge in [-0.3, -0.25) is 4.68 Å². The summed E-state index contributed by atoms with van der Waals surface area (Å²) >= 11 is 15.5. The third-order valence-corrected chi connectivity index (χ3v) is 4.57. The Morgan fingerprint density at radius 2 is 1.74 bits per heavy atom. The molecule has 0 spiro atoms. The minimum atomic E-state index is -1.08. The molecule has 8 heteroatoms. The van der Waals surface area contributed by atoms with E-state index in [1.54, 1.807) is 17.9 Å². The predicted molar refractivity (Wildman–Crippen MR) is 92.5 cm³/mol. The first-order chi connectivity index (χ1) is 11.0. The standard InChI is InChI=1S/C15H11BrCl2N4O/c1-22-12(8-2-4-9(16)5-3-8)10(6-21-22)13(23)11-14(17)19-7-20-15(11)18/h2-7,13,23H,1H3/t13-/m1/s1. The Bertz CT molecular complexity index is 831. The van der Waals surface area contributed by atoms with Crippen LogP contribution in [0.3, 0.4) is 0 Å². The first-order valence-corrected chi connectivity index (χ1v) is 8.15. The third kappa shape index (κ3) is 3.12. The lowest BCUT2D eigenvalue weighted by Crippen LogP contribution is -2.05. The molecule has 0 amide bonds. The highest BCUT2D eigenvalue weighted by atomic mass is 79.9. The molecule has 1 aromatic carbocycles. The first-order valence-electron chi connectivity index (χ1n) is 6.61. The van der Waals surface area contributed by atoms with Gasteiger partial charge in [0.15, 0.2) is 0 Å². The van der Waals surface area contributed by atoms with E-state index >= 15 is 0 Å². The van der Waals surface area contributed by atoms with Gasteiger partial charge in [-0.15, -0.1) is 0 Å². The zero-order valence-corrected chi connectivity index (χ0v) is 15.0. The number of hydrogen-bond acceptors (Lipinski definition) is 4. The zero-order valence-electron chi connectivity index (χ0n) is 11.9. The molecule has 1 N–H and O–H groups in total. The molecule has 0 aliphatic carbocycles. The Hall–Kier alpha value is -1.47. The lowest BCUT2D eigenvalue weighted by atomic mass is 10.0. The average Bonchev–Trinajstić information content (AvgIpc) is 2.89. The Labute approximate surface area is 151 Å². The van der Waals surface area contributed by atoms with Crippen LogP contribution in [0.15, 0.2) is 41.3 Å². The highest BCUT2D eigenvalue weighted by Crippen LogP contribution is 2.36. The smallest absolute Gasteiger partial charge is 0.140 e. The Morgan fingerprint density at radius 3 is 2.35 bits per heavy atom. The van der Waals surface area contributed by atoms with E-state index in [0.29, 0.717) is 5.56 Å². The molecule has 0 saturated heterocycles. The molecule has 1 atom stereocenters. The van der Waals surface area contributed by atoms with Crippen LogP contribution in [0.5, 0.6) is 0 Å². The molecular formula is C15H11BrCl2N4O. The predicted octanol–water partition coefficient (Wildman–Crippen LogP) is 4.03. The van der Waals surface area contributed by atoms with E-state index in [0.717, 1.165) is 15.7 Å². The summed E-state index contributed by atoms with van der Waals surface area (Å²) < 4.78 is 2.65. The van der Waals surface area contributed by atoms with Crippen molar-refractivity contribution in [3.05, 3.63) is 62.7 Å². The van der Waals surface area contributed by atoms with Crippen molar-refractivity contribution in [3.63, 3.8) is 0 Å². The van der Waals surface area contributed by atoms with Crippen molar-refractivity contribution in [1.29, 1.82) is 0 Å². The molecule has 2 aromatic heterocycles. The van der Waals surface area contributed by atoms with Crippen molar-refractivity contribution in [2.45, 2.75) is 6.10 Å². The fraction of sp³-hybridized carbons (Fsp3) is 0.133. The summed E-state index contributed by atoms with van der Waals surface area (Å²) in [6, 6.07) is 7.71.